The lowest BCUT2D eigenvalue weighted by atomic mass is 10.0. The van der Waals surface area contributed by atoms with Crippen molar-refractivity contribution >= 4 is 53.0 Å². The van der Waals surface area contributed by atoms with Gasteiger partial charge in [-0.3, -0.25) is 0 Å². The molecule has 4 rings (SSSR count). The van der Waals surface area contributed by atoms with Crippen molar-refractivity contribution < 1.29 is 0 Å². The summed E-state index contributed by atoms with van der Waals surface area (Å²) >= 11 is 6.08. The Morgan fingerprint density at radius 3 is 2.23 bits per heavy atom. The first-order valence-corrected chi connectivity index (χ1v) is 10.7. The lowest BCUT2D eigenvalue weighted by Crippen LogP contribution is -2.44. The van der Waals surface area contributed by atoms with Crippen molar-refractivity contribution in [2.75, 3.05) is 31.1 Å². The van der Waals surface area contributed by atoms with Gasteiger partial charge in [-0.25, -0.2) is 4.98 Å². The summed E-state index contributed by atoms with van der Waals surface area (Å²) in [5.41, 5.74) is 4.47. The summed E-state index contributed by atoms with van der Waals surface area (Å²) in [6.45, 7) is 9.00. The van der Waals surface area contributed by atoms with Gasteiger partial charge in [0.15, 0.2) is 0 Å². The smallest absolute Gasteiger partial charge is 0.0730 e. The van der Waals surface area contributed by atoms with E-state index in [1.165, 1.54) is 23.9 Å². The van der Waals surface area contributed by atoms with Crippen molar-refractivity contribution in [1.29, 1.82) is 0 Å². The maximum atomic E-state index is 6.08. The second kappa shape index (κ2) is 11.2. The molecule has 0 unspecified atom stereocenters. The van der Waals surface area contributed by atoms with Crippen LogP contribution < -0.4 is 4.90 Å². The van der Waals surface area contributed by atoms with E-state index in [4.69, 9.17) is 16.6 Å². The molecule has 3 nitrogen and oxygen atoms in total. The van der Waals surface area contributed by atoms with Crippen LogP contribution in [-0.2, 0) is 0 Å². The summed E-state index contributed by atoms with van der Waals surface area (Å²) in [5.74, 6) is 0. The fourth-order valence-corrected chi connectivity index (χ4v) is 4.53. The number of hydrogen-bond acceptors (Lipinski definition) is 3. The molecular formula is C24H30Cl3N3. The maximum absolute atomic E-state index is 6.08. The number of fused-ring (bicyclic) bond motifs is 1. The van der Waals surface area contributed by atoms with E-state index in [9.17, 15) is 0 Å². The quantitative estimate of drug-likeness (QED) is 0.416. The Morgan fingerprint density at radius 1 is 0.967 bits per heavy atom. The summed E-state index contributed by atoms with van der Waals surface area (Å²) in [5, 5.41) is 1.99. The zero-order chi connectivity index (χ0) is 19.5. The molecule has 0 atom stereocenters. The van der Waals surface area contributed by atoms with E-state index in [2.05, 4.69) is 66.1 Å². The highest BCUT2D eigenvalue weighted by Gasteiger charge is 2.24. The summed E-state index contributed by atoms with van der Waals surface area (Å²) in [7, 11) is 0. The van der Waals surface area contributed by atoms with Crippen LogP contribution in [0.15, 0.2) is 54.6 Å². The third-order valence-electron chi connectivity index (χ3n) is 5.97. The van der Waals surface area contributed by atoms with Crippen molar-refractivity contribution in [1.82, 2.24) is 9.88 Å². The molecule has 0 bridgehead atoms. The van der Waals surface area contributed by atoms with Crippen LogP contribution in [0.1, 0.15) is 26.7 Å². The highest BCUT2D eigenvalue weighted by atomic mass is 35.5. The van der Waals surface area contributed by atoms with Crippen LogP contribution in [0.25, 0.3) is 22.2 Å². The molecule has 1 saturated heterocycles. The van der Waals surface area contributed by atoms with Gasteiger partial charge in [-0.1, -0.05) is 55.8 Å². The molecule has 0 N–H and O–H groups in total. The second-order valence-corrected chi connectivity index (χ2v) is 7.93. The Morgan fingerprint density at radius 2 is 1.60 bits per heavy atom. The predicted octanol–water partition coefficient (Wildman–Crippen LogP) is 6.71. The molecule has 3 aromatic rings. The van der Waals surface area contributed by atoms with Gasteiger partial charge in [0.05, 0.1) is 11.2 Å². The number of pyridine rings is 1. The first kappa shape index (κ1) is 24.7. The zero-order valence-electron chi connectivity index (χ0n) is 17.6. The number of hydrogen-bond donors (Lipinski definition) is 0. The van der Waals surface area contributed by atoms with Gasteiger partial charge in [-0.15, -0.1) is 24.8 Å². The van der Waals surface area contributed by atoms with E-state index in [1.54, 1.807) is 0 Å². The molecule has 2 heterocycles. The fourth-order valence-electron chi connectivity index (χ4n) is 4.40. The Labute approximate surface area is 197 Å². The second-order valence-electron chi connectivity index (χ2n) is 7.49. The third kappa shape index (κ3) is 5.20. The molecule has 1 fully saturated rings. The molecule has 0 radical (unpaired) electrons. The minimum absolute atomic E-state index is 0. The van der Waals surface area contributed by atoms with E-state index in [0.29, 0.717) is 6.04 Å². The molecule has 0 saturated carbocycles. The number of nitrogens with zero attached hydrogens (tertiary/aromatic N) is 3. The maximum Gasteiger partial charge on any atom is 0.0730 e. The predicted molar refractivity (Wildman–Crippen MR) is 135 cm³/mol. The van der Waals surface area contributed by atoms with Crippen molar-refractivity contribution in [3.8, 4) is 11.3 Å². The molecule has 1 aromatic heterocycles. The molecular weight excluding hydrogens is 437 g/mol. The monoisotopic (exact) mass is 465 g/mol. The van der Waals surface area contributed by atoms with Crippen LogP contribution >= 0.6 is 36.4 Å². The van der Waals surface area contributed by atoms with Gasteiger partial charge >= 0.3 is 0 Å². The molecule has 2 aromatic carbocycles. The molecule has 0 spiro atoms. The van der Waals surface area contributed by atoms with Gasteiger partial charge in [0.25, 0.3) is 0 Å². The fraction of sp³-hybridized carbons (Fsp3) is 0.375. The number of anilines is 1. The lowest BCUT2D eigenvalue weighted by Gasteiger charge is -2.39. The minimum Gasteiger partial charge on any atom is -0.371 e. The number of benzene rings is 2. The van der Waals surface area contributed by atoms with Crippen LogP contribution in [0.4, 0.5) is 5.69 Å². The van der Waals surface area contributed by atoms with E-state index in [0.717, 1.165) is 48.0 Å². The van der Waals surface area contributed by atoms with Gasteiger partial charge in [-0.05, 0) is 50.2 Å². The first-order valence-electron chi connectivity index (χ1n) is 10.3. The van der Waals surface area contributed by atoms with Gasteiger partial charge in [0.2, 0.25) is 0 Å². The normalized spacial score (nSPS) is 14.5. The number of halogens is 3. The van der Waals surface area contributed by atoms with Gasteiger partial charge in [0.1, 0.15) is 0 Å². The van der Waals surface area contributed by atoms with E-state index < -0.39 is 0 Å². The lowest BCUT2D eigenvalue weighted by molar-refractivity contribution is 0.186. The Hall–Kier alpha value is -1.52. The molecule has 1 aliphatic rings. The molecule has 1 aliphatic heterocycles. The van der Waals surface area contributed by atoms with Crippen LogP contribution in [0, 0.1) is 0 Å². The average molecular weight is 467 g/mol. The average Bonchev–Trinajstić information content (AvgIpc) is 2.75. The Balaban J connectivity index is 0.00000160. The molecule has 0 amide bonds. The number of para-hydroxylation sites is 1. The van der Waals surface area contributed by atoms with Crippen molar-refractivity contribution in [2.45, 2.75) is 32.7 Å². The molecule has 0 aliphatic carbocycles. The van der Waals surface area contributed by atoms with E-state index in [1.807, 2.05) is 12.1 Å². The Kier molecular flexibility index (Phi) is 9.24. The molecule has 30 heavy (non-hydrogen) atoms. The molecule has 6 heteroatoms. The van der Waals surface area contributed by atoms with Crippen molar-refractivity contribution in [3.05, 3.63) is 59.6 Å². The summed E-state index contributed by atoms with van der Waals surface area (Å²) in [6.07, 6.45) is 2.43. The van der Waals surface area contributed by atoms with Crippen LogP contribution in [0.5, 0.6) is 0 Å². The SMILES string of the molecule is CCN(CC)C1CCN(c2cc(-c3ccc(Cl)cc3)nc3ccccc23)CC1.Cl.Cl. The number of piperidine rings is 1. The van der Waals surface area contributed by atoms with Crippen molar-refractivity contribution in [2.24, 2.45) is 0 Å². The van der Waals surface area contributed by atoms with Gasteiger partial charge in [-0.2, -0.15) is 0 Å². The van der Waals surface area contributed by atoms with Gasteiger partial charge in [0, 0.05) is 40.8 Å². The van der Waals surface area contributed by atoms with E-state index in [-0.39, 0.29) is 24.8 Å². The van der Waals surface area contributed by atoms with Crippen LogP contribution in [-0.4, -0.2) is 42.1 Å². The van der Waals surface area contributed by atoms with Crippen molar-refractivity contribution in [3.63, 3.8) is 0 Å². The van der Waals surface area contributed by atoms with E-state index >= 15 is 0 Å². The summed E-state index contributed by atoms with van der Waals surface area (Å²) < 4.78 is 0. The van der Waals surface area contributed by atoms with Crippen LogP contribution in [0.2, 0.25) is 5.02 Å². The largest absolute Gasteiger partial charge is 0.371 e. The molecule has 162 valence electrons. The number of aromatic nitrogens is 1. The highest BCUT2D eigenvalue weighted by molar-refractivity contribution is 6.30. The third-order valence-corrected chi connectivity index (χ3v) is 6.22. The Bertz CT molecular complexity index is 934. The number of rotatable bonds is 5. The minimum atomic E-state index is 0. The zero-order valence-corrected chi connectivity index (χ0v) is 19.9. The summed E-state index contributed by atoms with van der Waals surface area (Å²) in [4.78, 5) is 10.1. The summed E-state index contributed by atoms with van der Waals surface area (Å²) in [6, 6.07) is 19.4. The highest BCUT2D eigenvalue weighted by Crippen LogP contribution is 2.33. The van der Waals surface area contributed by atoms with Gasteiger partial charge < -0.3 is 9.80 Å². The van der Waals surface area contributed by atoms with Crippen LogP contribution in [0.3, 0.4) is 0 Å². The topological polar surface area (TPSA) is 19.4 Å². The standard InChI is InChI=1S/C24H28ClN3.2ClH/c1-3-27(4-2)20-13-15-28(16-14-20)24-17-23(18-9-11-19(25)12-10-18)26-22-8-6-5-7-21(22)24;;/h5-12,17,20H,3-4,13-16H2,1-2H3;2*1H. The first-order chi connectivity index (χ1) is 13.7.